The van der Waals surface area contributed by atoms with E-state index >= 15 is 0 Å². The first-order valence-corrected chi connectivity index (χ1v) is 8.30. The van der Waals surface area contributed by atoms with Gasteiger partial charge in [0.05, 0.1) is 18.8 Å². The van der Waals surface area contributed by atoms with Gasteiger partial charge in [0, 0.05) is 31.8 Å². The number of carbonyl (C=O) groups excluding carboxylic acids is 1. The maximum Gasteiger partial charge on any atom is 0.223 e. The molecule has 24 heavy (non-hydrogen) atoms. The summed E-state index contributed by atoms with van der Waals surface area (Å²) < 4.78 is 20.1. The van der Waals surface area contributed by atoms with Crippen LogP contribution in [0, 0.1) is 5.82 Å². The van der Waals surface area contributed by atoms with E-state index in [0.717, 1.165) is 24.9 Å². The summed E-state index contributed by atoms with van der Waals surface area (Å²) in [7, 11) is 1.89. The van der Waals surface area contributed by atoms with Crippen molar-refractivity contribution in [2.24, 2.45) is 7.05 Å². The number of rotatable bonds is 6. The Morgan fingerprint density at radius 1 is 1.38 bits per heavy atom. The molecule has 1 amide bonds. The first kappa shape index (κ1) is 16.5. The van der Waals surface area contributed by atoms with Crippen molar-refractivity contribution in [1.29, 1.82) is 0 Å². The molecule has 2 heterocycles. The van der Waals surface area contributed by atoms with Crippen LogP contribution >= 0.6 is 0 Å². The number of nitrogens with zero attached hydrogens (tertiary/aromatic N) is 3. The van der Waals surface area contributed by atoms with E-state index in [4.69, 9.17) is 4.74 Å². The molecule has 128 valence electrons. The second kappa shape index (κ2) is 7.47. The molecule has 0 saturated carbocycles. The molecule has 0 N–H and O–H groups in total. The number of hydrogen-bond donors (Lipinski definition) is 0. The predicted octanol–water partition coefficient (Wildman–Crippen LogP) is 3.08. The average Bonchev–Trinajstić information content (AvgIpc) is 3.21. The third kappa shape index (κ3) is 3.93. The SMILES string of the molecule is Cn1cc([C@@H]2CCCN2C(=O)CCCOc2ccc(F)cc2)cn1. The molecule has 0 spiro atoms. The van der Waals surface area contributed by atoms with Crippen LogP contribution in [0.2, 0.25) is 0 Å². The van der Waals surface area contributed by atoms with E-state index in [1.54, 1.807) is 16.8 Å². The maximum atomic E-state index is 12.8. The minimum absolute atomic E-state index is 0.143. The summed E-state index contributed by atoms with van der Waals surface area (Å²) in [6.45, 7) is 1.25. The van der Waals surface area contributed by atoms with E-state index in [9.17, 15) is 9.18 Å². The van der Waals surface area contributed by atoms with Crippen LogP contribution in [0.15, 0.2) is 36.7 Å². The first-order valence-electron chi connectivity index (χ1n) is 8.30. The van der Waals surface area contributed by atoms with Crippen molar-refractivity contribution in [3.05, 3.63) is 48.0 Å². The van der Waals surface area contributed by atoms with E-state index in [1.807, 2.05) is 24.3 Å². The molecule has 0 bridgehead atoms. The van der Waals surface area contributed by atoms with Crippen molar-refractivity contribution in [2.45, 2.75) is 31.7 Å². The van der Waals surface area contributed by atoms with Gasteiger partial charge in [-0.1, -0.05) is 0 Å². The summed E-state index contributed by atoms with van der Waals surface area (Å²) in [5.41, 5.74) is 1.10. The summed E-state index contributed by atoms with van der Waals surface area (Å²) in [6.07, 6.45) is 6.94. The first-order chi connectivity index (χ1) is 11.6. The highest BCUT2D eigenvalue weighted by molar-refractivity contribution is 5.77. The van der Waals surface area contributed by atoms with Crippen LogP contribution in [0.3, 0.4) is 0 Å². The number of carbonyl (C=O) groups is 1. The van der Waals surface area contributed by atoms with Gasteiger partial charge in [-0.2, -0.15) is 5.10 Å². The van der Waals surface area contributed by atoms with Gasteiger partial charge < -0.3 is 9.64 Å². The fourth-order valence-corrected chi connectivity index (χ4v) is 3.11. The summed E-state index contributed by atoms with van der Waals surface area (Å²) in [6, 6.07) is 6.06. The molecule has 1 aliphatic rings. The Morgan fingerprint density at radius 3 is 2.88 bits per heavy atom. The monoisotopic (exact) mass is 331 g/mol. The second-order valence-electron chi connectivity index (χ2n) is 6.10. The molecular formula is C18H22FN3O2. The van der Waals surface area contributed by atoms with Gasteiger partial charge in [-0.05, 0) is 43.5 Å². The fraction of sp³-hybridized carbons (Fsp3) is 0.444. The molecule has 5 nitrogen and oxygen atoms in total. The van der Waals surface area contributed by atoms with Crippen LogP contribution in [-0.2, 0) is 11.8 Å². The standard InChI is InChI=1S/C18H22FN3O2/c1-21-13-14(12-20-21)17-4-2-10-22(17)18(23)5-3-11-24-16-8-6-15(19)7-9-16/h6-9,12-13,17H,2-5,10-11H2,1H3/t17-/m0/s1. The quantitative estimate of drug-likeness (QED) is 0.764. The molecule has 1 fully saturated rings. The largest absolute Gasteiger partial charge is 0.494 e. The highest BCUT2D eigenvalue weighted by atomic mass is 19.1. The lowest BCUT2D eigenvalue weighted by atomic mass is 10.1. The van der Waals surface area contributed by atoms with Gasteiger partial charge in [0.1, 0.15) is 11.6 Å². The smallest absolute Gasteiger partial charge is 0.223 e. The van der Waals surface area contributed by atoms with Crippen LogP contribution in [0.5, 0.6) is 5.75 Å². The third-order valence-corrected chi connectivity index (χ3v) is 4.30. The third-order valence-electron chi connectivity index (χ3n) is 4.30. The number of likely N-dealkylation sites (tertiary alicyclic amines) is 1. The van der Waals surface area contributed by atoms with Crippen molar-refractivity contribution in [2.75, 3.05) is 13.2 Å². The summed E-state index contributed by atoms with van der Waals surface area (Å²) in [5, 5.41) is 4.20. The number of aromatic nitrogens is 2. The van der Waals surface area contributed by atoms with E-state index in [2.05, 4.69) is 5.10 Å². The van der Waals surface area contributed by atoms with Gasteiger partial charge in [0.2, 0.25) is 5.91 Å². The Kier molecular flexibility index (Phi) is 5.13. The minimum atomic E-state index is -0.284. The minimum Gasteiger partial charge on any atom is -0.494 e. The molecule has 0 aliphatic carbocycles. The van der Waals surface area contributed by atoms with E-state index < -0.39 is 0 Å². The molecule has 1 saturated heterocycles. The lowest BCUT2D eigenvalue weighted by Crippen LogP contribution is -2.30. The zero-order valence-corrected chi connectivity index (χ0v) is 13.8. The predicted molar refractivity (Wildman–Crippen MR) is 88.0 cm³/mol. The number of ether oxygens (including phenoxy) is 1. The Hall–Kier alpha value is -2.37. The lowest BCUT2D eigenvalue weighted by molar-refractivity contribution is -0.132. The second-order valence-corrected chi connectivity index (χ2v) is 6.10. The van der Waals surface area contributed by atoms with Crippen molar-refractivity contribution in [3.8, 4) is 5.75 Å². The topological polar surface area (TPSA) is 47.4 Å². The van der Waals surface area contributed by atoms with Gasteiger partial charge in [0.15, 0.2) is 0 Å². The van der Waals surface area contributed by atoms with Crippen molar-refractivity contribution in [1.82, 2.24) is 14.7 Å². The van der Waals surface area contributed by atoms with Gasteiger partial charge in [-0.25, -0.2) is 4.39 Å². The Labute approximate surface area is 141 Å². The molecular weight excluding hydrogens is 309 g/mol. The van der Waals surface area contributed by atoms with E-state index in [-0.39, 0.29) is 17.8 Å². The van der Waals surface area contributed by atoms with Crippen LogP contribution < -0.4 is 4.74 Å². The van der Waals surface area contributed by atoms with Gasteiger partial charge >= 0.3 is 0 Å². The number of benzene rings is 1. The Balaban J connectivity index is 1.46. The molecule has 0 unspecified atom stereocenters. The zero-order chi connectivity index (χ0) is 16.9. The molecule has 1 aromatic heterocycles. The lowest BCUT2D eigenvalue weighted by Gasteiger charge is -2.24. The summed E-state index contributed by atoms with van der Waals surface area (Å²) >= 11 is 0. The Bertz CT molecular complexity index is 684. The zero-order valence-electron chi connectivity index (χ0n) is 13.8. The maximum absolute atomic E-state index is 12.8. The highest BCUT2D eigenvalue weighted by Gasteiger charge is 2.30. The molecule has 6 heteroatoms. The van der Waals surface area contributed by atoms with Crippen LogP contribution in [0.25, 0.3) is 0 Å². The van der Waals surface area contributed by atoms with Gasteiger partial charge in [-0.3, -0.25) is 9.48 Å². The molecule has 2 aromatic rings. The number of hydrogen-bond acceptors (Lipinski definition) is 3. The van der Waals surface area contributed by atoms with Crippen molar-refractivity contribution < 1.29 is 13.9 Å². The average molecular weight is 331 g/mol. The van der Waals surface area contributed by atoms with Crippen LogP contribution in [-0.4, -0.2) is 33.7 Å². The van der Waals surface area contributed by atoms with Crippen LogP contribution in [0.4, 0.5) is 4.39 Å². The number of aryl methyl sites for hydroxylation is 1. The van der Waals surface area contributed by atoms with E-state index in [1.165, 1.54) is 12.1 Å². The highest BCUT2D eigenvalue weighted by Crippen LogP contribution is 2.32. The van der Waals surface area contributed by atoms with Gasteiger partial charge in [0.25, 0.3) is 0 Å². The molecule has 1 atom stereocenters. The van der Waals surface area contributed by atoms with Crippen molar-refractivity contribution in [3.63, 3.8) is 0 Å². The number of halogens is 1. The fourth-order valence-electron chi connectivity index (χ4n) is 3.11. The Morgan fingerprint density at radius 2 is 2.17 bits per heavy atom. The molecule has 1 aliphatic heterocycles. The molecule has 1 aromatic carbocycles. The summed E-state index contributed by atoms with van der Waals surface area (Å²) in [4.78, 5) is 14.4. The van der Waals surface area contributed by atoms with Crippen molar-refractivity contribution >= 4 is 5.91 Å². The molecule has 0 radical (unpaired) electrons. The summed E-state index contributed by atoms with van der Waals surface area (Å²) in [5.74, 6) is 0.496. The van der Waals surface area contributed by atoms with Gasteiger partial charge in [-0.15, -0.1) is 0 Å². The van der Waals surface area contributed by atoms with E-state index in [0.29, 0.717) is 25.2 Å². The number of amides is 1. The van der Waals surface area contributed by atoms with Crippen LogP contribution in [0.1, 0.15) is 37.3 Å². The normalized spacial score (nSPS) is 17.2. The molecule has 3 rings (SSSR count).